The van der Waals surface area contributed by atoms with Crippen molar-refractivity contribution in [2.75, 3.05) is 26.8 Å². The number of nitrogens with zero attached hydrogens (tertiary/aromatic N) is 5. The molecule has 0 amide bonds. The molecule has 0 spiro atoms. The first kappa shape index (κ1) is 22.4. The van der Waals surface area contributed by atoms with Gasteiger partial charge in [0, 0.05) is 52.0 Å². The van der Waals surface area contributed by atoms with Crippen LogP contribution in [0.15, 0.2) is 4.99 Å². The number of likely N-dealkylation sites (tertiary alicyclic amines) is 1. The number of aryl methyl sites for hydroxylation is 1. The van der Waals surface area contributed by atoms with Crippen LogP contribution in [0.1, 0.15) is 44.3 Å². The maximum Gasteiger partial charge on any atom is 0.191 e. The van der Waals surface area contributed by atoms with Crippen molar-refractivity contribution in [3.8, 4) is 0 Å². The molecule has 8 nitrogen and oxygen atoms in total. The Labute approximate surface area is 179 Å². The number of hydrogen-bond donors (Lipinski definition) is 2. The normalized spacial score (nSPS) is 23.3. The van der Waals surface area contributed by atoms with Gasteiger partial charge in [0.25, 0.3) is 0 Å². The van der Waals surface area contributed by atoms with E-state index in [2.05, 4.69) is 32.7 Å². The molecule has 2 atom stereocenters. The molecule has 0 aromatic carbocycles. The second-order valence-electron chi connectivity index (χ2n) is 7.51. The molecular formula is C18H34IN7O. The second kappa shape index (κ2) is 10.6. The van der Waals surface area contributed by atoms with Gasteiger partial charge in [0.15, 0.2) is 11.8 Å². The Kier molecular flexibility index (Phi) is 8.74. The molecule has 27 heavy (non-hydrogen) atoms. The van der Waals surface area contributed by atoms with Crippen LogP contribution in [0, 0.1) is 6.92 Å². The molecule has 1 saturated heterocycles. The summed E-state index contributed by atoms with van der Waals surface area (Å²) in [6, 6.07) is 1.91. The average Bonchev–Trinajstić information content (AvgIpc) is 3.33. The Morgan fingerprint density at radius 2 is 2.11 bits per heavy atom. The van der Waals surface area contributed by atoms with Crippen LogP contribution in [0.2, 0.25) is 0 Å². The van der Waals surface area contributed by atoms with E-state index in [1.54, 1.807) is 7.11 Å². The van der Waals surface area contributed by atoms with Gasteiger partial charge in [-0.05, 0) is 39.5 Å². The van der Waals surface area contributed by atoms with E-state index < -0.39 is 0 Å². The quantitative estimate of drug-likeness (QED) is 0.248. The maximum absolute atomic E-state index is 5.14. The minimum absolute atomic E-state index is 0. The van der Waals surface area contributed by atoms with E-state index in [1.165, 1.54) is 19.3 Å². The van der Waals surface area contributed by atoms with E-state index >= 15 is 0 Å². The topological polar surface area (TPSA) is 79.6 Å². The van der Waals surface area contributed by atoms with E-state index in [9.17, 15) is 0 Å². The Balaban J connectivity index is 0.00000261. The number of hydrogen-bond acceptors (Lipinski definition) is 5. The van der Waals surface area contributed by atoms with Crippen LogP contribution in [0.25, 0.3) is 0 Å². The maximum atomic E-state index is 5.14. The third kappa shape index (κ3) is 6.28. The van der Waals surface area contributed by atoms with Gasteiger partial charge in [0.2, 0.25) is 0 Å². The standard InChI is InChI=1S/C18H33N7O.HI/c1-13-10-15(12-25(13)16-6-7-16)21-18(19-8-5-9-26-4)20-11-17-23-22-14(2)24(17)3;/h13,15-16H,5-12H2,1-4H3,(H2,19,20,21);1H. The number of ether oxygens (including phenoxy) is 1. The lowest BCUT2D eigenvalue weighted by atomic mass is 10.2. The van der Waals surface area contributed by atoms with Crippen molar-refractivity contribution in [2.24, 2.45) is 12.0 Å². The molecule has 2 fully saturated rings. The van der Waals surface area contributed by atoms with E-state index in [0.717, 1.165) is 49.8 Å². The molecular weight excluding hydrogens is 457 g/mol. The summed E-state index contributed by atoms with van der Waals surface area (Å²) in [6.07, 6.45) is 4.84. The fraction of sp³-hybridized carbons (Fsp3) is 0.833. The minimum atomic E-state index is 0. The van der Waals surface area contributed by atoms with Gasteiger partial charge in [-0.1, -0.05) is 0 Å². The number of methoxy groups -OCH3 is 1. The smallest absolute Gasteiger partial charge is 0.191 e. The Morgan fingerprint density at radius 3 is 2.74 bits per heavy atom. The summed E-state index contributed by atoms with van der Waals surface area (Å²) < 4.78 is 7.12. The number of nitrogens with one attached hydrogen (secondary N) is 2. The molecule has 3 rings (SSSR count). The molecule has 2 N–H and O–H groups in total. The first-order chi connectivity index (χ1) is 12.6. The van der Waals surface area contributed by atoms with Crippen molar-refractivity contribution >= 4 is 29.9 Å². The van der Waals surface area contributed by atoms with Gasteiger partial charge in [0.05, 0.1) is 0 Å². The molecule has 2 unspecified atom stereocenters. The highest BCUT2D eigenvalue weighted by Crippen LogP contribution is 2.33. The summed E-state index contributed by atoms with van der Waals surface area (Å²) in [5, 5.41) is 15.4. The van der Waals surface area contributed by atoms with E-state index in [1.807, 2.05) is 18.5 Å². The van der Waals surface area contributed by atoms with Gasteiger partial charge in [0.1, 0.15) is 12.4 Å². The Hall–Kier alpha value is -0.940. The highest BCUT2D eigenvalue weighted by molar-refractivity contribution is 14.0. The number of halogens is 1. The molecule has 2 aliphatic rings. The molecule has 1 aromatic rings. The minimum Gasteiger partial charge on any atom is -0.385 e. The summed E-state index contributed by atoms with van der Waals surface area (Å²) in [5.41, 5.74) is 0. The summed E-state index contributed by atoms with van der Waals surface area (Å²) in [4.78, 5) is 7.40. The molecule has 1 aromatic heterocycles. The second-order valence-corrected chi connectivity index (χ2v) is 7.51. The zero-order chi connectivity index (χ0) is 18.5. The third-order valence-corrected chi connectivity index (χ3v) is 5.36. The van der Waals surface area contributed by atoms with Crippen molar-refractivity contribution in [3.63, 3.8) is 0 Å². The van der Waals surface area contributed by atoms with Gasteiger partial charge >= 0.3 is 0 Å². The lowest BCUT2D eigenvalue weighted by Crippen LogP contribution is -2.45. The van der Waals surface area contributed by atoms with Crippen LogP contribution in [-0.4, -0.2) is 70.6 Å². The molecule has 1 aliphatic heterocycles. The predicted octanol–water partition coefficient (Wildman–Crippen LogP) is 1.44. The lowest BCUT2D eigenvalue weighted by Gasteiger charge is -2.20. The number of rotatable bonds is 8. The number of guanidine groups is 1. The summed E-state index contributed by atoms with van der Waals surface area (Å²) in [5.74, 6) is 2.64. The zero-order valence-electron chi connectivity index (χ0n) is 16.9. The van der Waals surface area contributed by atoms with Gasteiger partial charge in [-0.3, -0.25) is 4.90 Å². The molecule has 9 heteroatoms. The highest BCUT2D eigenvalue weighted by atomic mass is 127. The van der Waals surface area contributed by atoms with Crippen LogP contribution >= 0.6 is 24.0 Å². The fourth-order valence-electron chi connectivity index (χ4n) is 3.58. The fourth-order valence-corrected chi connectivity index (χ4v) is 3.58. The van der Waals surface area contributed by atoms with Crippen molar-refractivity contribution in [1.29, 1.82) is 0 Å². The molecule has 0 bridgehead atoms. The average molecular weight is 491 g/mol. The number of aliphatic imine (C=N–C) groups is 1. The molecule has 1 saturated carbocycles. The van der Waals surface area contributed by atoms with Crippen LogP contribution in [0.5, 0.6) is 0 Å². The Bertz CT molecular complexity index is 617. The van der Waals surface area contributed by atoms with Crippen LogP contribution in [-0.2, 0) is 18.3 Å². The lowest BCUT2D eigenvalue weighted by molar-refractivity contribution is 0.195. The zero-order valence-corrected chi connectivity index (χ0v) is 19.3. The number of aromatic nitrogens is 3. The van der Waals surface area contributed by atoms with E-state index in [0.29, 0.717) is 18.6 Å². The van der Waals surface area contributed by atoms with Gasteiger partial charge < -0.3 is 19.9 Å². The monoisotopic (exact) mass is 491 g/mol. The summed E-state index contributed by atoms with van der Waals surface area (Å²) >= 11 is 0. The van der Waals surface area contributed by atoms with Crippen LogP contribution < -0.4 is 10.6 Å². The van der Waals surface area contributed by atoms with Crippen LogP contribution in [0.4, 0.5) is 0 Å². The first-order valence-corrected chi connectivity index (χ1v) is 9.73. The van der Waals surface area contributed by atoms with Crippen molar-refractivity contribution in [3.05, 3.63) is 11.6 Å². The molecule has 0 radical (unpaired) electrons. The van der Waals surface area contributed by atoms with Crippen molar-refractivity contribution in [2.45, 2.75) is 64.2 Å². The largest absolute Gasteiger partial charge is 0.385 e. The van der Waals surface area contributed by atoms with Gasteiger partial charge in [-0.25, -0.2) is 4.99 Å². The third-order valence-electron chi connectivity index (χ3n) is 5.36. The van der Waals surface area contributed by atoms with Gasteiger partial charge in [-0.15, -0.1) is 34.2 Å². The van der Waals surface area contributed by atoms with E-state index in [4.69, 9.17) is 9.73 Å². The van der Waals surface area contributed by atoms with Crippen molar-refractivity contribution < 1.29 is 4.74 Å². The SMILES string of the molecule is COCCCNC(=NCc1nnc(C)n1C)NC1CC(C)N(C2CC2)C1.I. The van der Waals surface area contributed by atoms with Crippen molar-refractivity contribution in [1.82, 2.24) is 30.3 Å². The molecule has 1 aliphatic carbocycles. The molecule has 154 valence electrons. The van der Waals surface area contributed by atoms with Gasteiger partial charge in [-0.2, -0.15) is 0 Å². The summed E-state index contributed by atoms with van der Waals surface area (Å²) in [6.45, 7) is 7.50. The van der Waals surface area contributed by atoms with E-state index in [-0.39, 0.29) is 24.0 Å². The van der Waals surface area contributed by atoms with Crippen LogP contribution in [0.3, 0.4) is 0 Å². The Morgan fingerprint density at radius 1 is 1.33 bits per heavy atom. The molecule has 2 heterocycles. The summed E-state index contributed by atoms with van der Waals surface area (Å²) in [7, 11) is 3.71. The highest BCUT2D eigenvalue weighted by Gasteiger charge is 2.38. The predicted molar refractivity (Wildman–Crippen MR) is 118 cm³/mol. The first-order valence-electron chi connectivity index (χ1n) is 9.73.